The smallest absolute Gasteiger partial charge is 0.307 e. The summed E-state index contributed by atoms with van der Waals surface area (Å²) in [4.78, 5) is 43.7. The largest absolute Gasteiger partial charge is 0.496 e. The predicted octanol–water partition coefficient (Wildman–Crippen LogP) is 6.90. The normalized spacial score (nSPS) is 16.8. The number of aromatic nitrogens is 1. The van der Waals surface area contributed by atoms with Gasteiger partial charge in [0.05, 0.1) is 24.6 Å². The number of ether oxygens (including phenoxy) is 1. The number of aliphatic carboxylic acids is 1. The van der Waals surface area contributed by atoms with Crippen molar-refractivity contribution in [2.75, 3.05) is 17.7 Å². The molecule has 3 unspecified atom stereocenters. The van der Waals surface area contributed by atoms with E-state index in [-0.39, 0.29) is 11.8 Å². The Morgan fingerprint density at radius 1 is 0.952 bits per heavy atom. The van der Waals surface area contributed by atoms with Gasteiger partial charge < -0.3 is 20.5 Å². The average molecular weight is 600 g/mol. The Labute approximate surface area is 251 Å². The van der Waals surface area contributed by atoms with Crippen molar-refractivity contribution in [3.8, 4) is 17.0 Å². The second-order valence-corrected chi connectivity index (χ2v) is 11.7. The zero-order valence-electron chi connectivity index (χ0n) is 22.7. The molecule has 1 heterocycles. The highest BCUT2D eigenvalue weighted by atomic mass is 32.2. The molecule has 1 aromatic heterocycles. The molecule has 3 N–H and O–H groups in total. The Kier molecular flexibility index (Phi) is 9.35. The van der Waals surface area contributed by atoms with Gasteiger partial charge in [-0.15, -0.1) is 23.1 Å². The number of allylic oxidation sites excluding steroid dienone is 2. The van der Waals surface area contributed by atoms with E-state index in [0.29, 0.717) is 35.1 Å². The Morgan fingerprint density at radius 3 is 2.45 bits per heavy atom. The molecule has 0 radical (unpaired) electrons. The zero-order valence-corrected chi connectivity index (χ0v) is 24.4. The summed E-state index contributed by atoms with van der Waals surface area (Å²) >= 11 is 2.68. The third-order valence-corrected chi connectivity index (χ3v) is 8.91. The molecule has 0 spiro atoms. The highest BCUT2D eigenvalue weighted by molar-refractivity contribution is 8.00. The molecular formula is C32H29N3O5S2. The second kappa shape index (κ2) is 13.5. The number of carboxylic acids is 1. The summed E-state index contributed by atoms with van der Waals surface area (Å²) in [5.74, 6) is -2.25. The van der Waals surface area contributed by atoms with Crippen LogP contribution in [-0.2, 0) is 14.4 Å². The molecule has 42 heavy (non-hydrogen) atoms. The van der Waals surface area contributed by atoms with Gasteiger partial charge in [0.1, 0.15) is 11.0 Å². The summed E-state index contributed by atoms with van der Waals surface area (Å²) in [6, 6.07) is 24.2. The van der Waals surface area contributed by atoms with Crippen LogP contribution in [-0.4, -0.2) is 35.0 Å². The number of hydrogen-bond donors (Lipinski definition) is 3. The summed E-state index contributed by atoms with van der Waals surface area (Å²) in [6.45, 7) is 0. The average Bonchev–Trinajstić information content (AvgIpc) is 3.48. The highest BCUT2D eigenvalue weighted by Crippen LogP contribution is 2.38. The van der Waals surface area contributed by atoms with Gasteiger partial charge in [-0.3, -0.25) is 14.4 Å². The van der Waals surface area contributed by atoms with Crippen LogP contribution in [0.1, 0.15) is 23.7 Å². The van der Waals surface area contributed by atoms with Crippen molar-refractivity contribution < 1.29 is 24.2 Å². The van der Waals surface area contributed by atoms with Crippen LogP contribution in [0.5, 0.6) is 5.75 Å². The molecule has 5 rings (SSSR count). The predicted molar refractivity (Wildman–Crippen MR) is 166 cm³/mol. The van der Waals surface area contributed by atoms with Crippen molar-refractivity contribution in [2.24, 2.45) is 11.8 Å². The molecule has 0 aliphatic heterocycles. The first-order valence-electron chi connectivity index (χ1n) is 13.3. The van der Waals surface area contributed by atoms with E-state index in [4.69, 9.17) is 4.74 Å². The summed E-state index contributed by atoms with van der Waals surface area (Å²) in [5, 5.41) is 17.1. The van der Waals surface area contributed by atoms with Gasteiger partial charge in [0.15, 0.2) is 5.13 Å². The van der Waals surface area contributed by atoms with Crippen LogP contribution in [0.4, 0.5) is 10.8 Å². The lowest BCUT2D eigenvalue weighted by Gasteiger charge is -2.24. The fourth-order valence-corrected chi connectivity index (χ4v) is 6.57. The molecule has 2 amide bonds. The molecule has 3 aromatic carbocycles. The van der Waals surface area contributed by atoms with Crippen LogP contribution in [0.25, 0.3) is 11.3 Å². The third kappa shape index (κ3) is 6.89. The fourth-order valence-electron chi connectivity index (χ4n) is 4.78. The van der Waals surface area contributed by atoms with Gasteiger partial charge in [-0.2, -0.15) is 0 Å². The Bertz CT molecular complexity index is 1600. The van der Waals surface area contributed by atoms with E-state index in [1.807, 2.05) is 72.1 Å². The quantitative estimate of drug-likeness (QED) is 0.134. The molecule has 0 fully saturated rings. The van der Waals surface area contributed by atoms with Gasteiger partial charge in [0.2, 0.25) is 11.8 Å². The number of benzene rings is 3. The Morgan fingerprint density at radius 2 is 1.69 bits per heavy atom. The monoisotopic (exact) mass is 599 g/mol. The maximum atomic E-state index is 13.6. The first-order chi connectivity index (χ1) is 20.4. The van der Waals surface area contributed by atoms with Crippen molar-refractivity contribution in [3.05, 3.63) is 102 Å². The number of carbonyl (C=O) groups is 3. The third-order valence-electron chi connectivity index (χ3n) is 6.90. The minimum Gasteiger partial charge on any atom is -0.496 e. The number of anilines is 2. The second-order valence-electron chi connectivity index (χ2n) is 9.65. The molecule has 0 saturated carbocycles. The molecule has 1 aliphatic rings. The van der Waals surface area contributed by atoms with Gasteiger partial charge in [0, 0.05) is 21.5 Å². The number of thiazole rings is 1. The Balaban J connectivity index is 1.33. The van der Waals surface area contributed by atoms with Crippen molar-refractivity contribution in [1.82, 2.24) is 4.98 Å². The molecule has 3 atom stereocenters. The minimum atomic E-state index is -0.976. The summed E-state index contributed by atoms with van der Waals surface area (Å²) in [5.41, 5.74) is 2.90. The van der Waals surface area contributed by atoms with Crippen LogP contribution in [0.15, 0.2) is 101 Å². The van der Waals surface area contributed by atoms with E-state index in [0.717, 1.165) is 16.0 Å². The van der Waals surface area contributed by atoms with E-state index in [1.54, 1.807) is 31.4 Å². The number of methoxy groups -OCH3 is 1. The number of nitrogens with one attached hydrogen (secondary N) is 2. The SMILES string of the molecule is COc1ccccc1-c1csc(NC(=O)C(Sc2cccc(NC(=O)C3CC=CCC3C(=O)O)c2)c2ccccc2)n1. The van der Waals surface area contributed by atoms with Gasteiger partial charge in [0.25, 0.3) is 0 Å². The topological polar surface area (TPSA) is 118 Å². The van der Waals surface area contributed by atoms with Crippen molar-refractivity contribution in [1.29, 1.82) is 0 Å². The van der Waals surface area contributed by atoms with E-state index >= 15 is 0 Å². The molecule has 0 bridgehead atoms. The molecule has 8 nitrogen and oxygen atoms in total. The maximum Gasteiger partial charge on any atom is 0.307 e. The maximum absolute atomic E-state index is 13.6. The van der Waals surface area contributed by atoms with Crippen LogP contribution >= 0.6 is 23.1 Å². The fraction of sp³-hybridized carbons (Fsp3) is 0.188. The first-order valence-corrected chi connectivity index (χ1v) is 15.1. The lowest BCUT2D eigenvalue weighted by Crippen LogP contribution is -2.34. The van der Waals surface area contributed by atoms with Gasteiger partial charge in [-0.25, -0.2) is 4.98 Å². The van der Waals surface area contributed by atoms with Gasteiger partial charge >= 0.3 is 5.97 Å². The van der Waals surface area contributed by atoms with E-state index in [2.05, 4.69) is 15.6 Å². The highest BCUT2D eigenvalue weighted by Gasteiger charge is 2.34. The number of carboxylic acid groups (broad SMARTS) is 1. The van der Waals surface area contributed by atoms with E-state index < -0.39 is 23.1 Å². The summed E-state index contributed by atoms with van der Waals surface area (Å²) < 4.78 is 5.45. The number of nitrogens with zero attached hydrogens (tertiary/aromatic N) is 1. The van der Waals surface area contributed by atoms with Crippen LogP contribution in [0, 0.1) is 11.8 Å². The van der Waals surface area contributed by atoms with Gasteiger partial charge in [-0.05, 0) is 48.7 Å². The number of thioether (sulfide) groups is 1. The Hall–Kier alpha value is -4.41. The molecular weight excluding hydrogens is 571 g/mol. The number of para-hydroxylation sites is 1. The van der Waals surface area contributed by atoms with Crippen molar-refractivity contribution >= 4 is 51.7 Å². The van der Waals surface area contributed by atoms with Crippen LogP contribution in [0.3, 0.4) is 0 Å². The summed E-state index contributed by atoms with van der Waals surface area (Å²) in [7, 11) is 1.61. The number of amides is 2. The molecule has 0 saturated heterocycles. The zero-order chi connectivity index (χ0) is 29.5. The summed E-state index contributed by atoms with van der Waals surface area (Å²) in [6.07, 6.45) is 4.36. The minimum absolute atomic E-state index is 0.236. The van der Waals surface area contributed by atoms with Crippen LogP contribution in [0.2, 0.25) is 0 Å². The molecule has 10 heteroatoms. The first kappa shape index (κ1) is 29.1. The number of rotatable bonds is 10. The number of carbonyl (C=O) groups excluding carboxylic acids is 2. The van der Waals surface area contributed by atoms with Crippen molar-refractivity contribution in [3.63, 3.8) is 0 Å². The lowest BCUT2D eigenvalue weighted by atomic mass is 9.82. The van der Waals surface area contributed by atoms with E-state index in [1.165, 1.54) is 23.1 Å². The lowest BCUT2D eigenvalue weighted by molar-refractivity contribution is -0.146. The van der Waals surface area contributed by atoms with Crippen molar-refractivity contribution in [2.45, 2.75) is 23.0 Å². The molecule has 214 valence electrons. The van der Waals surface area contributed by atoms with E-state index in [9.17, 15) is 19.5 Å². The number of hydrogen-bond acceptors (Lipinski definition) is 7. The standard InChI is InChI=1S/C32H29N3O5S2/c1-40-27-17-8-7-16-25(27)26-19-41-32(34-26)35-30(37)28(20-10-3-2-4-11-20)42-22-13-9-12-21(18-22)33-29(36)23-14-5-6-15-24(23)31(38)39/h2-13,16-19,23-24,28H,14-15H2,1H3,(H,33,36)(H,38,39)(H,34,35,37). The molecule has 1 aliphatic carbocycles. The van der Waals surface area contributed by atoms with Crippen LogP contribution < -0.4 is 15.4 Å². The van der Waals surface area contributed by atoms with Gasteiger partial charge in [-0.1, -0.05) is 60.7 Å². The molecule has 4 aromatic rings.